The highest BCUT2D eigenvalue weighted by Gasteiger charge is 2.25. The van der Waals surface area contributed by atoms with Crippen molar-refractivity contribution in [2.75, 3.05) is 19.6 Å². The first-order valence-corrected chi connectivity index (χ1v) is 5.02. The molecular weight excluding hydrogens is 166 g/mol. The van der Waals surface area contributed by atoms with E-state index >= 15 is 0 Å². The summed E-state index contributed by atoms with van der Waals surface area (Å²) in [6, 6.07) is -0.0289. The van der Waals surface area contributed by atoms with E-state index in [-0.39, 0.29) is 6.04 Å². The van der Waals surface area contributed by atoms with Gasteiger partial charge in [0.1, 0.15) is 0 Å². The third-order valence-corrected chi connectivity index (χ3v) is 2.96. The van der Waals surface area contributed by atoms with Crippen LogP contribution in [0.1, 0.15) is 6.92 Å². The van der Waals surface area contributed by atoms with Gasteiger partial charge in [0.15, 0.2) is 0 Å². The predicted molar refractivity (Wildman–Crippen MR) is 42.1 cm³/mol. The lowest BCUT2D eigenvalue weighted by atomic mass is 10.3. The summed E-state index contributed by atoms with van der Waals surface area (Å²) in [7, 11) is -3.48. The maximum atomic E-state index is 10.9. The van der Waals surface area contributed by atoms with Crippen LogP contribution in [0.3, 0.4) is 0 Å². The maximum absolute atomic E-state index is 10.9. The molecule has 0 aromatic carbocycles. The zero-order valence-electron chi connectivity index (χ0n) is 6.45. The molecule has 0 bridgehead atoms. The summed E-state index contributed by atoms with van der Waals surface area (Å²) >= 11 is 0. The Kier molecular flexibility index (Phi) is 2.48. The van der Waals surface area contributed by atoms with Gasteiger partial charge in [-0.2, -0.15) is 12.7 Å². The number of nitrogens with zero attached hydrogens (tertiary/aromatic N) is 1. The molecule has 6 heteroatoms. The van der Waals surface area contributed by atoms with E-state index in [1.807, 2.05) is 6.92 Å². The van der Waals surface area contributed by atoms with E-state index in [0.29, 0.717) is 19.6 Å². The lowest BCUT2D eigenvalue weighted by molar-refractivity contribution is 0.284. The van der Waals surface area contributed by atoms with Crippen LogP contribution < -0.4 is 10.5 Å². The van der Waals surface area contributed by atoms with Crippen molar-refractivity contribution in [3.63, 3.8) is 0 Å². The first-order chi connectivity index (χ1) is 5.02. The Balaban J connectivity index is 2.70. The molecule has 1 aliphatic rings. The Morgan fingerprint density at radius 3 is 2.64 bits per heavy atom. The fraction of sp³-hybridized carbons (Fsp3) is 1.00. The van der Waals surface area contributed by atoms with Crippen molar-refractivity contribution in [2.24, 2.45) is 5.14 Å². The zero-order chi connectivity index (χ0) is 8.48. The number of nitrogens with one attached hydrogen (secondary N) is 1. The van der Waals surface area contributed by atoms with E-state index < -0.39 is 10.2 Å². The minimum absolute atomic E-state index is 0.0289. The van der Waals surface area contributed by atoms with Gasteiger partial charge < -0.3 is 5.32 Å². The van der Waals surface area contributed by atoms with Crippen LogP contribution in [0.15, 0.2) is 0 Å². The molecule has 3 N–H and O–H groups in total. The topological polar surface area (TPSA) is 75.4 Å². The van der Waals surface area contributed by atoms with Crippen LogP contribution >= 0.6 is 0 Å². The van der Waals surface area contributed by atoms with Crippen molar-refractivity contribution < 1.29 is 8.42 Å². The standard InChI is InChI=1S/C5H13N3O2S/c1-5-4-7-2-3-8(5)11(6,9)10/h5,7H,2-4H2,1H3,(H2,6,9,10). The summed E-state index contributed by atoms with van der Waals surface area (Å²) in [5.41, 5.74) is 0. The number of hydrogen-bond acceptors (Lipinski definition) is 3. The molecule has 1 atom stereocenters. The fourth-order valence-electron chi connectivity index (χ4n) is 1.20. The van der Waals surface area contributed by atoms with Crippen LogP contribution in [0.5, 0.6) is 0 Å². The minimum Gasteiger partial charge on any atom is -0.314 e. The van der Waals surface area contributed by atoms with Crippen LogP contribution in [-0.2, 0) is 10.2 Å². The summed E-state index contributed by atoms with van der Waals surface area (Å²) in [5.74, 6) is 0. The molecule has 0 radical (unpaired) electrons. The molecule has 1 aliphatic heterocycles. The van der Waals surface area contributed by atoms with E-state index in [1.54, 1.807) is 0 Å². The van der Waals surface area contributed by atoms with Gasteiger partial charge in [0.05, 0.1) is 0 Å². The summed E-state index contributed by atoms with van der Waals surface area (Å²) in [4.78, 5) is 0. The monoisotopic (exact) mass is 179 g/mol. The number of piperazine rings is 1. The van der Waals surface area contributed by atoms with Crippen molar-refractivity contribution >= 4 is 10.2 Å². The maximum Gasteiger partial charge on any atom is 0.277 e. The van der Waals surface area contributed by atoms with Gasteiger partial charge in [-0.1, -0.05) is 0 Å². The van der Waals surface area contributed by atoms with Crippen molar-refractivity contribution in [1.29, 1.82) is 0 Å². The second-order valence-corrected chi connectivity index (χ2v) is 4.21. The minimum atomic E-state index is -3.48. The Morgan fingerprint density at radius 2 is 2.27 bits per heavy atom. The number of rotatable bonds is 1. The number of nitrogens with two attached hydrogens (primary N) is 1. The molecule has 66 valence electrons. The smallest absolute Gasteiger partial charge is 0.277 e. The quantitative estimate of drug-likeness (QED) is 0.513. The molecule has 1 saturated heterocycles. The van der Waals surface area contributed by atoms with Gasteiger partial charge in [0, 0.05) is 25.7 Å². The lowest BCUT2D eigenvalue weighted by Gasteiger charge is -2.30. The molecule has 0 aliphatic carbocycles. The van der Waals surface area contributed by atoms with Crippen molar-refractivity contribution in [1.82, 2.24) is 9.62 Å². The van der Waals surface area contributed by atoms with E-state index in [2.05, 4.69) is 5.32 Å². The Bertz CT molecular complexity index is 226. The predicted octanol–water partition coefficient (Wildman–Crippen LogP) is -1.52. The summed E-state index contributed by atoms with van der Waals surface area (Å²) in [6.45, 7) is 3.66. The Labute approximate surface area is 66.7 Å². The van der Waals surface area contributed by atoms with Crippen LogP contribution in [0.2, 0.25) is 0 Å². The third kappa shape index (κ3) is 2.13. The highest BCUT2D eigenvalue weighted by atomic mass is 32.2. The highest BCUT2D eigenvalue weighted by Crippen LogP contribution is 2.04. The first-order valence-electron chi connectivity index (χ1n) is 3.52. The molecule has 0 saturated carbocycles. The van der Waals surface area contributed by atoms with Crippen molar-refractivity contribution in [3.05, 3.63) is 0 Å². The van der Waals surface area contributed by atoms with Gasteiger partial charge in [0.25, 0.3) is 10.2 Å². The molecule has 11 heavy (non-hydrogen) atoms. The van der Waals surface area contributed by atoms with Crippen LogP contribution in [0.4, 0.5) is 0 Å². The van der Waals surface area contributed by atoms with Crippen LogP contribution in [-0.4, -0.2) is 38.4 Å². The van der Waals surface area contributed by atoms with Gasteiger partial charge in [-0.3, -0.25) is 0 Å². The van der Waals surface area contributed by atoms with Gasteiger partial charge in [0.2, 0.25) is 0 Å². The van der Waals surface area contributed by atoms with Crippen molar-refractivity contribution in [3.8, 4) is 0 Å². The second-order valence-electron chi connectivity index (χ2n) is 2.71. The van der Waals surface area contributed by atoms with E-state index in [0.717, 1.165) is 0 Å². The van der Waals surface area contributed by atoms with E-state index in [9.17, 15) is 8.42 Å². The summed E-state index contributed by atoms with van der Waals surface area (Å²) < 4.78 is 23.1. The SMILES string of the molecule is CC1CNCCN1S(N)(=O)=O. The van der Waals surface area contributed by atoms with Crippen LogP contribution in [0.25, 0.3) is 0 Å². The molecule has 0 aromatic heterocycles. The van der Waals surface area contributed by atoms with Crippen molar-refractivity contribution in [2.45, 2.75) is 13.0 Å². The van der Waals surface area contributed by atoms with Gasteiger partial charge in [-0.15, -0.1) is 0 Å². The molecule has 0 aromatic rings. The van der Waals surface area contributed by atoms with Gasteiger partial charge >= 0.3 is 0 Å². The summed E-state index contributed by atoms with van der Waals surface area (Å²) in [5, 5.41) is 8.05. The molecular formula is C5H13N3O2S. The normalized spacial score (nSPS) is 28.7. The molecule has 1 unspecified atom stereocenters. The second kappa shape index (κ2) is 3.06. The zero-order valence-corrected chi connectivity index (χ0v) is 7.26. The Hall–Kier alpha value is -0.170. The molecule has 1 heterocycles. The molecule has 1 fully saturated rings. The fourth-order valence-corrected chi connectivity index (χ4v) is 2.12. The molecule has 1 rings (SSSR count). The van der Waals surface area contributed by atoms with Gasteiger partial charge in [-0.05, 0) is 6.92 Å². The Morgan fingerprint density at radius 1 is 1.64 bits per heavy atom. The number of hydrogen-bond donors (Lipinski definition) is 2. The third-order valence-electron chi connectivity index (χ3n) is 1.77. The lowest BCUT2D eigenvalue weighted by Crippen LogP contribution is -2.54. The largest absolute Gasteiger partial charge is 0.314 e. The highest BCUT2D eigenvalue weighted by molar-refractivity contribution is 7.86. The van der Waals surface area contributed by atoms with E-state index in [1.165, 1.54) is 4.31 Å². The molecule has 0 amide bonds. The van der Waals surface area contributed by atoms with Crippen LogP contribution in [0, 0.1) is 0 Å². The van der Waals surface area contributed by atoms with Gasteiger partial charge in [-0.25, -0.2) is 5.14 Å². The summed E-state index contributed by atoms with van der Waals surface area (Å²) in [6.07, 6.45) is 0. The average molecular weight is 179 g/mol. The molecule has 0 spiro atoms. The molecule has 5 nitrogen and oxygen atoms in total. The first kappa shape index (κ1) is 8.92. The average Bonchev–Trinajstić information content (AvgIpc) is 1.86. The van der Waals surface area contributed by atoms with E-state index in [4.69, 9.17) is 5.14 Å².